The summed E-state index contributed by atoms with van der Waals surface area (Å²) in [6, 6.07) is 7.07. The average molecular weight is 628 g/mol. The van der Waals surface area contributed by atoms with Crippen molar-refractivity contribution in [2.24, 2.45) is 40.4 Å². The summed E-state index contributed by atoms with van der Waals surface area (Å²) >= 11 is 0. The van der Waals surface area contributed by atoms with Crippen molar-refractivity contribution in [2.75, 3.05) is 55.2 Å². The molecule has 6 aliphatic rings. The second-order valence-corrected chi connectivity index (χ2v) is 14.4. The molecule has 13 atom stereocenters. The number of fused-ring (bicyclic) bond motifs is 2. The zero-order valence-corrected chi connectivity index (χ0v) is 27.7. The molecule has 1 aromatic carbocycles. The molecule has 7 rings (SSSR count). The molecule has 1 aliphatic heterocycles. The Morgan fingerprint density at radius 1 is 0.978 bits per heavy atom. The van der Waals surface area contributed by atoms with Gasteiger partial charge < -0.3 is 33.2 Å². The first-order chi connectivity index (χ1) is 21.7. The molecule has 5 aliphatic carbocycles. The number of rotatable bonds is 10. The van der Waals surface area contributed by atoms with Crippen LogP contribution in [0.2, 0.25) is 0 Å². The van der Waals surface area contributed by atoms with E-state index in [1.54, 1.807) is 45.6 Å². The monoisotopic (exact) mass is 627 g/mol. The molecule has 5 saturated carbocycles. The van der Waals surface area contributed by atoms with E-state index in [1.165, 1.54) is 6.92 Å². The minimum atomic E-state index is -0.947. The van der Waals surface area contributed by atoms with Crippen LogP contribution in [0.4, 0.5) is 0 Å². The summed E-state index contributed by atoms with van der Waals surface area (Å²) in [6.45, 7) is 6.11. The topological polar surface area (TPSA) is 102 Å². The van der Waals surface area contributed by atoms with E-state index in [-0.39, 0.29) is 70.7 Å². The summed E-state index contributed by atoms with van der Waals surface area (Å²) in [6.07, 6.45) is 2.27. The lowest BCUT2D eigenvalue weighted by molar-refractivity contribution is -0.280. The summed E-state index contributed by atoms with van der Waals surface area (Å²) < 4.78 is 44.1. The van der Waals surface area contributed by atoms with E-state index in [9.17, 15) is 9.59 Å². The van der Waals surface area contributed by atoms with E-state index in [2.05, 4.69) is 11.8 Å². The van der Waals surface area contributed by atoms with Crippen LogP contribution in [0.25, 0.3) is 0 Å². The number of nitrogens with zero attached hydrogens (tertiary/aromatic N) is 1. The number of likely N-dealkylation sites (tertiary alicyclic amines) is 1. The SMILES string of the molecule is CCN1C[C@]2(COC)CCC(OC)C34C5C[C@H]6[C@H](OC(=O)c7ccc(OC)cc7)[C@@H]5[C@](OC(C)=O)(C[C@@H]6OC)C(C(OC)[C@@H]32)C14. The quantitative estimate of drug-likeness (QED) is 0.358. The van der Waals surface area contributed by atoms with E-state index in [0.717, 1.165) is 32.4 Å². The van der Waals surface area contributed by atoms with Crippen LogP contribution in [0.3, 0.4) is 0 Å². The highest BCUT2D eigenvalue weighted by atomic mass is 16.6. The number of hydrogen-bond donors (Lipinski definition) is 0. The van der Waals surface area contributed by atoms with E-state index < -0.39 is 17.7 Å². The lowest BCUT2D eigenvalue weighted by Gasteiger charge is -2.69. The summed E-state index contributed by atoms with van der Waals surface area (Å²) in [5.74, 6) is -0.299. The van der Waals surface area contributed by atoms with Gasteiger partial charge in [-0.2, -0.15) is 0 Å². The van der Waals surface area contributed by atoms with Crippen LogP contribution in [0, 0.1) is 40.4 Å². The maximum Gasteiger partial charge on any atom is 0.338 e. The molecule has 0 aromatic heterocycles. The van der Waals surface area contributed by atoms with Gasteiger partial charge in [0, 0.05) is 88.9 Å². The third-order valence-corrected chi connectivity index (χ3v) is 13.2. The highest BCUT2D eigenvalue weighted by Crippen LogP contribution is 2.80. The molecule has 10 heteroatoms. The van der Waals surface area contributed by atoms with Gasteiger partial charge in [-0.1, -0.05) is 6.92 Å². The largest absolute Gasteiger partial charge is 0.497 e. The molecule has 45 heavy (non-hydrogen) atoms. The molecular weight excluding hydrogens is 578 g/mol. The van der Waals surface area contributed by atoms with Crippen LogP contribution >= 0.6 is 0 Å². The molecule has 1 spiro atoms. The second-order valence-electron chi connectivity index (χ2n) is 14.4. The summed E-state index contributed by atoms with van der Waals surface area (Å²) in [4.78, 5) is 29.7. The number of benzene rings is 1. The molecule has 0 amide bonds. The Labute approximate surface area is 266 Å². The third-order valence-electron chi connectivity index (χ3n) is 13.2. The number of hydrogen-bond acceptors (Lipinski definition) is 10. The predicted molar refractivity (Wildman–Crippen MR) is 163 cm³/mol. The number of carbonyl (C=O) groups is 2. The van der Waals surface area contributed by atoms with Crippen molar-refractivity contribution in [2.45, 2.75) is 75.6 Å². The molecular formula is C35H49NO9. The van der Waals surface area contributed by atoms with E-state index in [0.29, 0.717) is 24.3 Å². The molecule has 6 fully saturated rings. The van der Waals surface area contributed by atoms with Crippen LogP contribution in [0.1, 0.15) is 49.9 Å². The van der Waals surface area contributed by atoms with Crippen molar-refractivity contribution in [3.05, 3.63) is 29.8 Å². The van der Waals surface area contributed by atoms with Gasteiger partial charge in [0.05, 0.1) is 37.6 Å². The predicted octanol–water partition coefficient (Wildman–Crippen LogP) is 3.60. The minimum absolute atomic E-state index is 0.0203. The van der Waals surface area contributed by atoms with E-state index >= 15 is 0 Å². The van der Waals surface area contributed by atoms with Gasteiger partial charge >= 0.3 is 11.9 Å². The number of esters is 2. The van der Waals surface area contributed by atoms with Crippen molar-refractivity contribution in [1.82, 2.24) is 4.90 Å². The van der Waals surface area contributed by atoms with Gasteiger partial charge in [0.25, 0.3) is 0 Å². The molecule has 1 heterocycles. The average Bonchev–Trinajstić information content (AvgIpc) is 3.46. The Morgan fingerprint density at radius 3 is 2.33 bits per heavy atom. The maximum atomic E-state index is 13.8. The lowest BCUT2D eigenvalue weighted by Crippen LogP contribution is -2.77. The zero-order valence-electron chi connectivity index (χ0n) is 27.7. The Balaban J connectivity index is 1.43. The van der Waals surface area contributed by atoms with Gasteiger partial charge in [-0.25, -0.2) is 4.79 Å². The van der Waals surface area contributed by atoms with Gasteiger partial charge in [-0.15, -0.1) is 0 Å². The maximum absolute atomic E-state index is 13.8. The summed E-state index contributed by atoms with van der Waals surface area (Å²) in [5, 5.41) is 0. The van der Waals surface area contributed by atoms with Gasteiger partial charge in [0.2, 0.25) is 0 Å². The van der Waals surface area contributed by atoms with Crippen molar-refractivity contribution in [1.29, 1.82) is 0 Å². The highest BCUT2D eigenvalue weighted by molar-refractivity contribution is 5.89. The number of ether oxygens (including phenoxy) is 7. The highest BCUT2D eigenvalue weighted by Gasteiger charge is 2.88. The molecule has 1 aromatic rings. The van der Waals surface area contributed by atoms with Crippen molar-refractivity contribution in [3.63, 3.8) is 0 Å². The van der Waals surface area contributed by atoms with Gasteiger partial charge in [-0.3, -0.25) is 9.69 Å². The Morgan fingerprint density at radius 2 is 1.73 bits per heavy atom. The summed E-state index contributed by atoms with van der Waals surface area (Å²) in [5.41, 5.74) is -0.937. The van der Waals surface area contributed by atoms with Gasteiger partial charge in [0.15, 0.2) is 0 Å². The number of methoxy groups -OCH3 is 5. The number of piperidine rings is 1. The summed E-state index contributed by atoms with van der Waals surface area (Å²) in [7, 11) is 8.77. The van der Waals surface area contributed by atoms with Crippen LogP contribution in [0.15, 0.2) is 24.3 Å². The first-order valence-electron chi connectivity index (χ1n) is 16.6. The zero-order chi connectivity index (χ0) is 31.9. The molecule has 10 nitrogen and oxygen atoms in total. The fourth-order valence-electron chi connectivity index (χ4n) is 12.4. The molecule has 248 valence electrons. The van der Waals surface area contributed by atoms with Crippen LogP contribution in [0.5, 0.6) is 5.75 Å². The Hall–Kier alpha value is -2.24. The standard InChI is InChI=1S/C35H49NO9/c1-8-36-17-33(18-39-3)14-13-25(42-6)35-23-15-22-24(41-5)16-34(45-19(2)37,27(31(35)36)29(43-7)30(33)35)26(23)28(22)44-32(38)20-9-11-21(40-4)12-10-20/h9-12,22-31H,8,13-18H2,1-7H3/t22-,23?,24+,25?,26-,27?,28+,29?,30-,31?,33+,34-,35?/m1/s1. The molecule has 6 unspecified atom stereocenters. The van der Waals surface area contributed by atoms with Crippen molar-refractivity contribution < 1.29 is 42.7 Å². The molecule has 0 N–H and O–H groups in total. The molecule has 0 radical (unpaired) electrons. The van der Waals surface area contributed by atoms with Crippen LogP contribution in [-0.4, -0.2) is 108 Å². The van der Waals surface area contributed by atoms with Gasteiger partial charge in [0.1, 0.15) is 17.5 Å². The minimum Gasteiger partial charge on any atom is -0.497 e. The van der Waals surface area contributed by atoms with Crippen LogP contribution < -0.4 is 4.74 Å². The fourth-order valence-corrected chi connectivity index (χ4v) is 12.4. The van der Waals surface area contributed by atoms with Crippen molar-refractivity contribution >= 4 is 11.9 Å². The normalized spacial score (nSPS) is 45.7. The molecule has 1 saturated heterocycles. The first kappa shape index (κ1) is 31.4. The Kier molecular flexibility index (Phi) is 7.80. The lowest BCUT2D eigenvalue weighted by atomic mass is 9.43. The fraction of sp³-hybridized carbons (Fsp3) is 0.771. The Bertz CT molecular complexity index is 1310. The third kappa shape index (κ3) is 3.98. The van der Waals surface area contributed by atoms with Gasteiger partial charge in [-0.05, 0) is 56.0 Å². The van der Waals surface area contributed by atoms with Crippen molar-refractivity contribution in [3.8, 4) is 5.75 Å². The molecule has 7 bridgehead atoms. The second kappa shape index (κ2) is 11.2. The van der Waals surface area contributed by atoms with E-state index in [1.807, 2.05) is 14.2 Å². The smallest absolute Gasteiger partial charge is 0.338 e. The number of carbonyl (C=O) groups excluding carboxylic acids is 2. The first-order valence-corrected chi connectivity index (χ1v) is 16.6. The van der Waals surface area contributed by atoms with Crippen LogP contribution in [-0.2, 0) is 33.2 Å². The van der Waals surface area contributed by atoms with E-state index in [4.69, 9.17) is 33.2 Å².